The van der Waals surface area contributed by atoms with Crippen LogP contribution in [0.25, 0.3) is 6.08 Å². The average molecular weight is 124 g/mol. The van der Waals surface area contributed by atoms with Crippen molar-refractivity contribution in [1.82, 2.24) is 0 Å². The summed E-state index contributed by atoms with van der Waals surface area (Å²) in [4.78, 5) is 0. The van der Waals surface area contributed by atoms with Crippen LogP contribution in [0.5, 0.6) is 0 Å². The third kappa shape index (κ3) is 1.19. The Morgan fingerprint density at radius 1 is 1.10 bits per heavy atom. The molecule has 46 valence electrons. The van der Waals surface area contributed by atoms with Crippen molar-refractivity contribution in [1.29, 1.82) is 0 Å². The normalized spacial score (nSPS) is 12.4. The van der Waals surface area contributed by atoms with Gasteiger partial charge in [-0.05, 0) is 17.5 Å². The summed E-state index contributed by atoms with van der Waals surface area (Å²) in [5.41, 5.74) is 2.84. The summed E-state index contributed by atoms with van der Waals surface area (Å²) in [6, 6.07) is 8.49. The Labute approximate surface area is 73.1 Å². The Morgan fingerprint density at radius 2 is 1.90 bits per heavy atom. The molecule has 0 fully saturated rings. The van der Waals surface area contributed by atoms with Gasteiger partial charge in [0, 0.05) is 0 Å². The van der Waals surface area contributed by atoms with Gasteiger partial charge in [0.15, 0.2) is 0 Å². The molecule has 2 rings (SSSR count). The molecule has 0 amide bonds. The predicted octanol–water partition coefficient (Wildman–Crippen LogP) is 1.61. The monoisotopic (exact) mass is 124 g/mol. The fraction of sp³-hybridized carbons (Fsp3) is 0.111. The van der Waals surface area contributed by atoms with Crippen LogP contribution < -0.4 is 0 Å². The second kappa shape index (κ2) is 3.10. The topological polar surface area (TPSA) is 0 Å². The van der Waals surface area contributed by atoms with Gasteiger partial charge in [0.1, 0.15) is 0 Å². The van der Waals surface area contributed by atoms with Gasteiger partial charge in [-0.25, -0.2) is 0 Å². The molecule has 0 saturated carbocycles. The van der Waals surface area contributed by atoms with E-state index < -0.39 is 0 Å². The molecular weight excluding hydrogens is 115 g/mol. The summed E-state index contributed by atoms with van der Waals surface area (Å²) < 4.78 is 0. The molecule has 0 radical (unpaired) electrons. The molecule has 0 saturated heterocycles. The van der Waals surface area contributed by atoms with E-state index in [1.807, 2.05) is 0 Å². The van der Waals surface area contributed by atoms with E-state index in [2.05, 4.69) is 36.4 Å². The molecule has 0 atom stereocenters. The van der Waals surface area contributed by atoms with Gasteiger partial charge < -0.3 is 0 Å². The standard InChI is InChI=1S/C9H8.Li.H/c1-2-5-9-7-3-6-8(9)4-1;;/h1-6H,7H2;;. The molecule has 0 spiro atoms. The molecule has 1 aromatic rings. The first-order chi connectivity index (χ1) is 4.47. The zero-order valence-electron chi connectivity index (χ0n) is 5.17. The van der Waals surface area contributed by atoms with Gasteiger partial charge in [-0.3, -0.25) is 0 Å². The maximum absolute atomic E-state index is 2.20. The van der Waals surface area contributed by atoms with Gasteiger partial charge in [0.2, 0.25) is 0 Å². The first-order valence-electron chi connectivity index (χ1n) is 3.21. The minimum atomic E-state index is 0. The Morgan fingerprint density at radius 3 is 2.70 bits per heavy atom. The van der Waals surface area contributed by atoms with E-state index in [4.69, 9.17) is 0 Å². The molecule has 0 nitrogen and oxygen atoms in total. The van der Waals surface area contributed by atoms with Crippen molar-refractivity contribution < 1.29 is 0 Å². The van der Waals surface area contributed by atoms with Gasteiger partial charge in [0.05, 0.1) is 0 Å². The van der Waals surface area contributed by atoms with Crippen molar-refractivity contribution in [2.45, 2.75) is 6.42 Å². The summed E-state index contributed by atoms with van der Waals surface area (Å²) in [5, 5.41) is 0. The summed E-state index contributed by atoms with van der Waals surface area (Å²) >= 11 is 0. The zero-order chi connectivity index (χ0) is 6.10. The quantitative estimate of drug-likeness (QED) is 0.461. The molecule has 1 heteroatoms. The van der Waals surface area contributed by atoms with E-state index in [1.165, 1.54) is 11.1 Å². The van der Waals surface area contributed by atoms with Crippen molar-refractivity contribution in [2.75, 3.05) is 0 Å². The van der Waals surface area contributed by atoms with E-state index in [1.54, 1.807) is 0 Å². The van der Waals surface area contributed by atoms with Crippen LogP contribution >= 0.6 is 0 Å². The van der Waals surface area contributed by atoms with Crippen LogP contribution in [0.15, 0.2) is 30.3 Å². The van der Waals surface area contributed by atoms with Crippen molar-refractivity contribution in [3.05, 3.63) is 41.5 Å². The molecule has 1 aliphatic rings. The van der Waals surface area contributed by atoms with Gasteiger partial charge in [-0.1, -0.05) is 36.4 Å². The van der Waals surface area contributed by atoms with E-state index >= 15 is 0 Å². The molecule has 0 heterocycles. The molecule has 1 aliphatic carbocycles. The molecule has 0 aliphatic heterocycles. The Bertz CT molecular complexity index is 251. The molecular formula is C9H9Li. The van der Waals surface area contributed by atoms with Crippen LogP contribution in [0.2, 0.25) is 0 Å². The van der Waals surface area contributed by atoms with Crippen LogP contribution in [-0.2, 0) is 6.42 Å². The third-order valence-corrected chi connectivity index (χ3v) is 1.69. The van der Waals surface area contributed by atoms with E-state index in [-0.39, 0.29) is 18.9 Å². The maximum atomic E-state index is 2.20. The summed E-state index contributed by atoms with van der Waals surface area (Å²) in [5.74, 6) is 0. The van der Waals surface area contributed by atoms with Crippen molar-refractivity contribution in [3.63, 3.8) is 0 Å². The van der Waals surface area contributed by atoms with E-state index in [0.717, 1.165) is 6.42 Å². The third-order valence-electron chi connectivity index (χ3n) is 1.69. The fourth-order valence-corrected chi connectivity index (χ4v) is 1.20. The summed E-state index contributed by atoms with van der Waals surface area (Å²) in [6.45, 7) is 0. The first-order valence-corrected chi connectivity index (χ1v) is 3.21. The number of allylic oxidation sites excluding steroid dienone is 1. The molecule has 0 bridgehead atoms. The van der Waals surface area contributed by atoms with Crippen LogP contribution in [0, 0.1) is 0 Å². The van der Waals surface area contributed by atoms with Crippen molar-refractivity contribution in [3.8, 4) is 0 Å². The summed E-state index contributed by atoms with van der Waals surface area (Å²) in [6.07, 6.45) is 5.50. The summed E-state index contributed by atoms with van der Waals surface area (Å²) in [7, 11) is 0. The van der Waals surface area contributed by atoms with E-state index in [9.17, 15) is 0 Å². The number of hydrogen-bond donors (Lipinski definition) is 0. The first kappa shape index (κ1) is 7.66. The average Bonchev–Trinajstić information content (AvgIpc) is 2.33. The SMILES string of the molecule is C1=Cc2ccccc2C1.[LiH]. The zero-order valence-corrected chi connectivity index (χ0v) is 5.17. The van der Waals surface area contributed by atoms with Gasteiger partial charge in [0.25, 0.3) is 0 Å². The van der Waals surface area contributed by atoms with Gasteiger partial charge in [-0.15, -0.1) is 0 Å². The second-order valence-electron chi connectivity index (χ2n) is 2.31. The Balaban J connectivity index is 0.000000500. The van der Waals surface area contributed by atoms with Crippen LogP contribution in [0.1, 0.15) is 11.1 Å². The molecule has 1 aromatic carbocycles. The fourth-order valence-electron chi connectivity index (χ4n) is 1.20. The predicted molar refractivity (Wildman–Crippen MR) is 46.3 cm³/mol. The molecule has 10 heavy (non-hydrogen) atoms. The van der Waals surface area contributed by atoms with E-state index in [0.29, 0.717) is 0 Å². The van der Waals surface area contributed by atoms with Crippen LogP contribution in [-0.4, -0.2) is 18.9 Å². The molecule has 0 N–H and O–H groups in total. The molecule has 0 unspecified atom stereocenters. The number of fused-ring (bicyclic) bond motifs is 1. The van der Waals surface area contributed by atoms with Gasteiger partial charge >= 0.3 is 18.9 Å². The van der Waals surface area contributed by atoms with Crippen molar-refractivity contribution in [2.24, 2.45) is 0 Å². The molecule has 0 aromatic heterocycles. The number of benzene rings is 1. The minimum absolute atomic E-state index is 0. The van der Waals surface area contributed by atoms with Crippen LogP contribution in [0.3, 0.4) is 0 Å². The number of hydrogen-bond acceptors (Lipinski definition) is 0. The Hall–Kier alpha value is -0.443. The van der Waals surface area contributed by atoms with Crippen molar-refractivity contribution >= 4 is 24.9 Å². The Kier molecular flexibility index (Phi) is 2.37. The van der Waals surface area contributed by atoms with Gasteiger partial charge in [-0.2, -0.15) is 0 Å². The van der Waals surface area contributed by atoms with Crippen LogP contribution in [0.4, 0.5) is 0 Å². The number of rotatable bonds is 0. The second-order valence-corrected chi connectivity index (χ2v) is 2.31.